The molecule has 3 rings (SSSR count). The van der Waals surface area contributed by atoms with E-state index in [0.717, 1.165) is 21.0 Å². The van der Waals surface area contributed by atoms with Crippen LogP contribution < -0.4 is 19.1 Å². The van der Waals surface area contributed by atoms with Gasteiger partial charge in [-0.05, 0) is 67.6 Å². The van der Waals surface area contributed by atoms with Crippen molar-refractivity contribution < 1.29 is 27.5 Å². The first-order chi connectivity index (χ1) is 19.5. The third-order valence-corrected chi connectivity index (χ3v) is 8.60. The van der Waals surface area contributed by atoms with Crippen molar-refractivity contribution in [1.29, 1.82) is 0 Å². The molecular weight excluding hydrogens is 542 g/mol. The molecule has 1 unspecified atom stereocenters. The summed E-state index contributed by atoms with van der Waals surface area (Å²) in [4.78, 5) is 28.3. The number of ether oxygens (including phenoxy) is 2. The van der Waals surface area contributed by atoms with Crippen molar-refractivity contribution in [3.8, 4) is 11.5 Å². The van der Waals surface area contributed by atoms with Crippen molar-refractivity contribution in [2.24, 2.45) is 0 Å². The number of nitrogens with zero attached hydrogens (tertiary/aromatic N) is 2. The van der Waals surface area contributed by atoms with Crippen LogP contribution in [-0.4, -0.2) is 65.5 Å². The summed E-state index contributed by atoms with van der Waals surface area (Å²) in [6, 6.07) is 18.6. The van der Waals surface area contributed by atoms with Gasteiger partial charge in [-0.25, -0.2) is 8.42 Å². The fourth-order valence-electron chi connectivity index (χ4n) is 4.79. The fraction of sp³-hybridized carbons (Fsp3) is 0.355. The second-order valence-electron chi connectivity index (χ2n) is 9.74. The lowest BCUT2D eigenvalue weighted by atomic mass is 10.1. The molecule has 41 heavy (non-hydrogen) atoms. The molecule has 220 valence electrons. The third-order valence-electron chi connectivity index (χ3n) is 6.83. The lowest BCUT2D eigenvalue weighted by molar-refractivity contribution is -0.139. The Bertz CT molecular complexity index is 1440. The first-order valence-electron chi connectivity index (χ1n) is 13.4. The number of hydrogen-bond donors (Lipinski definition) is 1. The molecule has 10 heteroatoms. The van der Waals surface area contributed by atoms with Crippen LogP contribution >= 0.6 is 0 Å². The summed E-state index contributed by atoms with van der Waals surface area (Å²) in [6.45, 7) is 5.30. The van der Waals surface area contributed by atoms with Crippen molar-refractivity contribution in [2.45, 2.75) is 44.6 Å². The fourth-order valence-corrected chi connectivity index (χ4v) is 6.20. The summed E-state index contributed by atoms with van der Waals surface area (Å²) >= 11 is 0. The van der Waals surface area contributed by atoms with Gasteiger partial charge >= 0.3 is 0 Å². The summed E-state index contributed by atoms with van der Waals surface area (Å²) in [5.74, 6) is -0.173. The van der Waals surface area contributed by atoms with Crippen molar-refractivity contribution >= 4 is 27.5 Å². The number of aryl methyl sites for hydroxylation is 2. The van der Waals surface area contributed by atoms with Crippen LogP contribution in [0.3, 0.4) is 0 Å². The van der Waals surface area contributed by atoms with Gasteiger partial charge in [-0.15, -0.1) is 0 Å². The topological polar surface area (TPSA) is 105 Å². The quantitative estimate of drug-likeness (QED) is 0.326. The van der Waals surface area contributed by atoms with Gasteiger partial charge in [0.25, 0.3) is 10.0 Å². The predicted octanol–water partition coefficient (Wildman–Crippen LogP) is 4.11. The largest absolute Gasteiger partial charge is 0.493 e. The zero-order valence-electron chi connectivity index (χ0n) is 24.5. The summed E-state index contributed by atoms with van der Waals surface area (Å²) in [6.07, 6.45) is 0.873. The molecule has 0 heterocycles. The minimum Gasteiger partial charge on any atom is -0.493 e. The second kappa shape index (κ2) is 14.0. The summed E-state index contributed by atoms with van der Waals surface area (Å²) < 4.78 is 40.1. The highest BCUT2D eigenvalue weighted by atomic mass is 32.2. The molecule has 1 atom stereocenters. The third kappa shape index (κ3) is 7.58. The Kier molecular flexibility index (Phi) is 10.8. The number of anilines is 1. The van der Waals surface area contributed by atoms with E-state index in [1.54, 1.807) is 12.1 Å². The standard InChI is InChI=1S/C31H39N3O6S/c1-7-27(31(36)32-4)33(16-15-24-11-9-8-10-12-24)30(35)21-34(25-18-22(2)17-23(3)19-25)41(37,38)26-13-14-28(39-5)29(20-26)40-6/h8-14,17-20,27H,7,15-16,21H2,1-6H3,(H,32,36). The highest BCUT2D eigenvalue weighted by molar-refractivity contribution is 7.92. The molecule has 0 bridgehead atoms. The van der Waals surface area contributed by atoms with Gasteiger partial charge in [-0.2, -0.15) is 0 Å². The number of benzene rings is 3. The molecule has 0 aromatic heterocycles. The summed E-state index contributed by atoms with van der Waals surface area (Å²) in [7, 11) is 0.162. The molecule has 0 radical (unpaired) electrons. The number of carbonyl (C=O) groups excluding carboxylic acids is 2. The zero-order chi connectivity index (χ0) is 30.2. The van der Waals surface area contributed by atoms with Crippen molar-refractivity contribution in [2.75, 3.05) is 38.7 Å². The van der Waals surface area contributed by atoms with Crippen LogP contribution in [0.5, 0.6) is 11.5 Å². The van der Waals surface area contributed by atoms with E-state index in [9.17, 15) is 18.0 Å². The van der Waals surface area contributed by atoms with Gasteiger partial charge in [0.05, 0.1) is 24.8 Å². The minimum atomic E-state index is -4.25. The second-order valence-corrected chi connectivity index (χ2v) is 11.6. The van der Waals surface area contributed by atoms with Gasteiger partial charge < -0.3 is 19.7 Å². The maximum atomic E-state index is 14.2. The van der Waals surface area contributed by atoms with Gasteiger partial charge in [0.15, 0.2) is 11.5 Å². The highest BCUT2D eigenvalue weighted by Gasteiger charge is 2.33. The predicted molar refractivity (Wildman–Crippen MR) is 160 cm³/mol. The van der Waals surface area contributed by atoms with E-state index in [1.807, 2.05) is 57.2 Å². The van der Waals surface area contributed by atoms with E-state index in [1.165, 1.54) is 44.4 Å². The number of rotatable bonds is 13. The van der Waals surface area contributed by atoms with Gasteiger partial charge in [0.1, 0.15) is 12.6 Å². The van der Waals surface area contributed by atoms with Crippen LogP contribution in [0.2, 0.25) is 0 Å². The van der Waals surface area contributed by atoms with E-state index in [-0.39, 0.29) is 23.1 Å². The molecule has 3 aromatic rings. The lowest BCUT2D eigenvalue weighted by Crippen LogP contribution is -2.52. The number of amides is 2. The molecule has 0 fully saturated rings. The summed E-state index contributed by atoms with van der Waals surface area (Å²) in [5.41, 5.74) is 3.04. The molecule has 0 aliphatic carbocycles. The zero-order valence-corrected chi connectivity index (χ0v) is 25.3. The van der Waals surface area contributed by atoms with E-state index in [0.29, 0.717) is 24.3 Å². The lowest BCUT2D eigenvalue weighted by Gasteiger charge is -2.33. The molecular formula is C31H39N3O6S. The molecule has 0 aliphatic heterocycles. The Morgan fingerprint density at radius 3 is 2.10 bits per heavy atom. The maximum Gasteiger partial charge on any atom is 0.264 e. The molecule has 0 saturated heterocycles. The van der Waals surface area contributed by atoms with Gasteiger partial charge in [0.2, 0.25) is 11.8 Å². The molecule has 3 aromatic carbocycles. The van der Waals surface area contributed by atoms with Gasteiger partial charge in [0, 0.05) is 19.7 Å². The summed E-state index contributed by atoms with van der Waals surface area (Å²) in [5, 5.41) is 2.64. The number of methoxy groups -OCH3 is 2. The Morgan fingerprint density at radius 2 is 1.54 bits per heavy atom. The van der Waals surface area contributed by atoms with Crippen molar-refractivity contribution in [3.63, 3.8) is 0 Å². The molecule has 0 spiro atoms. The average Bonchev–Trinajstić information content (AvgIpc) is 2.96. The Morgan fingerprint density at radius 1 is 0.902 bits per heavy atom. The minimum absolute atomic E-state index is 0.0590. The van der Waals surface area contributed by atoms with Crippen LogP contribution in [0, 0.1) is 13.8 Å². The molecule has 0 saturated carbocycles. The molecule has 9 nitrogen and oxygen atoms in total. The SMILES string of the molecule is CCC(C(=O)NC)N(CCc1ccccc1)C(=O)CN(c1cc(C)cc(C)c1)S(=O)(=O)c1ccc(OC)c(OC)c1. The number of sulfonamides is 1. The average molecular weight is 582 g/mol. The first-order valence-corrected chi connectivity index (χ1v) is 14.9. The molecule has 1 N–H and O–H groups in total. The van der Waals surface area contributed by atoms with E-state index >= 15 is 0 Å². The van der Waals surface area contributed by atoms with Crippen LogP contribution in [0.4, 0.5) is 5.69 Å². The Labute approximate surface area is 243 Å². The smallest absolute Gasteiger partial charge is 0.264 e. The van der Waals surface area contributed by atoms with Gasteiger partial charge in [-0.1, -0.05) is 43.3 Å². The van der Waals surface area contributed by atoms with Crippen LogP contribution in [-0.2, 0) is 26.0 Å². The first kappa shape index (κ1) is 31.5. The molecule has 0 aliphatic rings. The van der Waals surface area contributed by atoms with Crippen LogP contribution in [0.1, 0.15) is 30.0 Å². The van der Waals surface area contributed by atoms with E-state index < -0.39 is 28.5 Å². The normalized spacial score (nSPS) is 11.9. The molecule has 2 amide bonds. The van der Waals surface area contributed by atoms with Crippen LogP contribution in [0.15, 0.2) is 71.6 Å². The Hall–Kier alpha value is -4.05. The highest BCUT2D eigenvalue weighted by Crippen LogP contribution is 2.33. The number of nitrogens with one attached hydrogen (secondary N) is 1. The Balaban J connectivity index is 2.08. The monoisotopic (exact) mass is 581 g/mol. The van der Waals surface area contributed by atoms with E-state index in [2.05, 4.69) is 5.32 Å². The number of likely N-dealkylation sites (N-methyl/N-ethyl adjacent to an activating group) is 1. The maximum absolute atomic E-state index is 14.2. The van der Waals surface area contributed by atoms with Crippen LogP contribution in [0.25, 0.3) is 0 Å². The van der Waals surface area contributed by atoms with Crippen molar-refractivity contribution in [1.82, 2.24) is 10.2 Å². The van der Waals surface area contributed by atoms with E-state index in [4.69, 9.17) is 9.47 Å². The van der Waals surface area contributed by atoms with Crippen molar-refractivity contribution in [3.05, 3.63) is 83.4 Å². The number of carbonyl (C=O) groups is 2. The number of hydrogen-bond acceptors (Lipinski definition) is 6. The van der Waals surface area contributed by atoms with Gasteiger partial charge in [-0.3, -0.25) is 13.9 Å².